The van der Waals surface area contributed by atoms with E-state index in [0.717, 1.165) is 18.1 Å². The highest BCUT2D eigenvalue weighted by Crippen LogP contribution is 2.27. The molecule has 1 aromatic carbocycles. The van der Waals surface area contributed by atoms with Crippen LogP contribution in [0.1, 0.15) is 44.6 Å². The molecule has 2 rings (SSSR count). The lowest BCUT2D eigenvalue weighted by atomic mass is 10.0. The summed E-state index contributed by atoms with van der Waals surface area (Å²) in [6.45, 7) is 4.38. The average molecular weight is 490 g/mol. The predicted molar refractivity (Wildman–Crippen MR) is 119 cm³/mol. The van der Waals surface area contributed by atoms with Crippen molar-refractivity contribution < 1.29 is 9.18 Å². The molecule has 0 saturated heterocycles. The number of hydrogen-bond acceptors (Lipinski definition) is 2. The van der Waals surface area contributed by atoms with E-state index in [1.165, 1.54) is 37.8 Å². The molecular weight excluding hydrogens is 458 g/mol. The Kier molecular flexibility index (Phi) is 11.3. The molecule has 7 heteroatoms. The minimum atomic E-state index is -0.234. The lowest BCUT2D eigenvalue weighted by Crippen LogP contribution is -2.39. The van der Waals surface area contributed by atoms with E-state index in [2.05, 4.69) is 15.6 Å². The van der Waals surface area contributed by atoms with Gasteiger partial charge in [-0.05, 0) is 43.4 Å². The van der Waals surface area contributed by atoms with E-state index in [1.54, 1.807) is 6.07 Å². The molecule has 1 amide bonds. The van der Waals surface area contributed by atoms with Gasteiger partial charge >= 0.3 is 0 Å². The van der Waals surface area contributed by atoms with Crippen molar-refractivity contribution in [3.05, 3.63) is 35.6 Å². The number of benzene rings is 1. The third-order valence-corrected chi connectivity index (χ3v) is 4.65. The molecular formula is C20H32FIN4O. The first-order chi connectivity index (χ1) is 12.6. The zero-order valence-corrected chi connectivity index (χ0v) is 18.7. The summed E-state index contributed by atoms with van der Waals surface area (Å²) in [7, 11) is 1.92. The van der Waals surface area contributed by atoms with Gasteiger partial charge in [0.1, 0.15) is 5.82 Å². The van der Waals surface area contributed by atoms with Crippen LogP contribution >= 0.6 is 24.0 Å². The molecule has 0 aliphatic heterocycles. The van der Waals surface area contributed by atoms with Crippen LogP contribution in [-0.4, -0.2) is 43.4 Å². The zero-order chi connectivity index (χ0) is 18.8. The van der Waals surface area contributed by atoms with E-state index in [1.807, 2.05) is 24.9 Å². The number of hydrogen-bond donors (Lipinski definition) is 2. The van der Waals surface area contributed by atoms with Gasteiger partial charge in [-0.1, -0.05) is 25.0 Å². The van der Waals surface area contributed by atoms with Crippen LogP contribution in [0.25, 0.3) is 0 Å². The maximum absolute atomic E-state index is 13.3. The second-order valence-corrected chi connectivity index (χ2v) is 6.93. The maximum Gasteiger partial charge on any atom is 0.220 e. The van der Waals surface area contributed by atoms with Gasteiger partial charge in [-0.25, -0.2) is 4.39 Å². The smallest absolute Gasteiger partial charge is 0.220 e. The number of amides is 1. The third-order valence-electron chi connectivity index (χ3n) is 4.65. The van der Waals surface area contributed by atoms with Crippen LogP contribution in [0.15, 0.2) is 29.3 Å². The van der Waals surface area contributed by atoms with Gasteiger partial charge in [0.25, 0.3) is 0 Å². The molecule has 152 valence electrons. The van der Waals surface area contributed by atoms with Crippen molar-refractivity contribution in [2.75, 3.05) is 26.7 Å². The van der Waals surface area contributed by atoms with Crippen LogP contribution in [0.3, 0.4) is 0 Å². The molecule has 27 heavy (non-hydrogen) atoms. The predicted octanol–water partition coefficient (Wildman–Crippen LogP) is 3.54. The topological polar surface area (TPSA) is 56.7 Å². The molecule has 2 N–H and O–H groups in total. The van der Waals surface area contributed by atoms with Crippen LogP contribution in [0, 0.1) is 11.7 Å². The van der Waals surface area contributed by atoms with Crippen molar-refractivity contribution in [3.63, 3.8) is 0 Å². The van der Waals surface area contributed by atoms with Gasteiger partial charge in [0.05, 0.1) is 6.54 Å². The number of aliphatic imine (C=N–C) groups is 1. The van der Waals surface area contributed by atoms with E-state index >= 15 is 0 Å². The molecule has 1 aliphatic carbocycles. The average Bonchev–Trinajstić information content (AvgIpc) is 3.10. The quantitative estimate of drug-likeness (QED) is 0.254. The lowest BCUT2D eigenvalue weighted by Gasteiger charge is -2.22. The van der Waals surface area contributed by atoms with Crippen LogP contribution < -0.4 is 10.6 Å². The Morgan fingerprint density at radius 2 is 2.04 bits per heavy atom. The van der Waals surface area contributed by atoms with Gasteiger partial charge in [0.15, 0.2) is 5.96 Å². The summed E-state index contributed by atoms with van der Waals surface area (Å²) in [6.07, 6.45) is 5.52. The highest BCUT2D eigenvalue weighted by molar-refractivity contribution is 14.0. The number of carbonyl (C=O) groups is 1. The minimum Gasteiger partial charge on any atom is -0.357 e. The Morgan fingerprint density at radius 1 is 1.30 bits per heavy atom. The monoisotopic (exact) mass is 490 g/mol. The van der Waals surface area contributed by atoms with Crippen LogP contribution in [0.4, 0.5) is 4.39 Å². The summed E-state index contributed by atoms with van der Waals surface area (Å²) >= 11 is 0. The number of carbonyl (C=O) groups excluding carboxylic acids is 1. The highest BCUT2D eigenvalue weighted by Gasteiger charge is 2.17. The van der Waals surface area contributed by atoms with Gasteiger partial charge in [0, 0.05) is 33.1 Å². The molecule has 1 saturated carbocycles. The Hall–Kier alpha value is -1.38. The van der Waals surface area contributed by atoms with Crippen LogP contribution in [0.5, 0.6) is 0 Å². The fourth-order valence-electron chi connectivity index (χ4n) is 3.36. The molecule has 0 aromatic heterocycles. The molecule has 0 radical (unpaired) electrons. The Bertz CT molecular complexity index is 605. The maximum atomic E-state index is 13.3. The fourth-order valence-corrected chi connectivity index (χ4v) is 3.36. The second kappa shape index (κ2) is 12.9. The first kappa shape index (κ1) is 23.7. The first-order valence-electron chi connectivity index (χ1n) is 9.59. The Balaban J connectivity index is 0.00000364. The largest absolute Gasteiger partial charge is 0.357 e. The summed E-state index contributed by atoms with van der Waals surface area (Å²) in [4.78, 5) is 18.5. The van der Waals surface area contributed by atoms with E-state index in [9.17, 15) is 9.18 Å². The zero-order valence-electron chi connectivity index (χ0n) is 16.3. The van der Waals surface area contributed by atoms with Crippen molar-refractivity contribution in [1.82, 2.24) is 15.5 Å². The van der Waals surface area contributed by atoms with Gasteiger partial charge < -0.3 is 15.5 Å². The molecule has 0 unspecified atom stereocenters. The molecule has 5 nitrogen and oxygen atoms in total. The van der Waals surface area contributed by atoms with Crippen molar-refractivity contribution in [3.8, 4) is 0 Å². The standard InChI is InChI=1S/C20H31FN4O.HI/c1-3-22-20(25(2)15-17-9-6-10-18(21)13-17)24-12-11-23-19(26)14-16-7-4-5-8-16;/h6,9-10,13,16H,3-5,7-8,11-12,14-15H2,1-2H3,(H,22,24)(H,23,26);1H. The summed E-state index contributed by atoms with van der Waals surface area (Å²) < 4.78 is 13.3. The molecule has 0 heterocycles. The van der Waals surface area contributed by atoms with Gasteiger partial charge in [0.2, 0.25) is 5.91 Å². The minimum absolute atomic E-state index is 0. The van der Waals surface area contributed by atoms with Gasteiger partial charge in [-0.15, -0.1) is 24.0 Å². The molecule has 1 fully saturated rings. The summed E-state index contributed by atoms with van der Waals surface area (Å²) in [6, 6.07) is 6.58. The van der Waals surface area contributed by atoms with Crippen molar-refractivity contribution in [2.45, 2.75) is 45.6 Å². The van der Waals surface area contributed by atoms with E-state index in [0.29, 0.717) is 32.0 Å². The third kappa shape index (κ3) is 8.90. The number of halogens is 2. The highest BCUT2D eigenvalue weighted by atomic mass is 127. The summed E-state index contributed by atoms with van der Waals surface area (Å²) in [5.74, 6) is 1.21. The second-order valence-electron chi connectivity index (χ2n) is 6.93. The Morgan fingerprint density at radius 3 is 2.70 bits per heavy atom. The lowest BCUT2D eigenvalue weighted by molar-refractivity contribution is -0.121. The molecule has 0 bridgehead atoms. The number of rotatable bonds is 8. The van der Waals surface area contributed by atoms with Crippen LogP contribution in [-0.2, 0) is 11.3 Å². The van der Waals surface area contributed by atoms with Gasteiger partial charge in [-0.2, -0.15) is 0 Å². The molecule has 1 aliphatic rings. The number of guanidine groups is 1. The van der Waals surface area contributed by atoms with Crippen molar-refractivity contribution in [1.29, 1.82) is 0 Å². The summed E-state index contributed by atoms with van der Waals surface area (Å²) in [5, 5.41) is 6.19. The van der Waals surface area contributed by atoms with E-state index in [-0.39, 0.29) is 35.7 Å². The normalized spacial score (nSPS) is 14.6. The fraction of sp³-hybridized carbons (Fsp3) is 0.600. The van der Waals surface area contributed by atoms with E-state index < -0.39 is 0 Å². The first-order valence-corrected chi connectivity index (χ1v) is 9.59. The van der Waals surface area contributed by atoms with Gasteiger partial charge in [-0.3, -0.25) is 9.79 Å². The van der Waals surface area contributed by atoms with Crippen molar-refractivity contribution in [2.24, 2.45) is 10.9 Å². The Labute approximate surface area is 179 Å². The molecule has 0 spiro atoms. The molecule has 1 aromatic rings. The van der Waals surface area contributed by atoms with Crippen molar-refractivity contribution >= 4 is 35.8 Å². The number of nitrogens with one attached hydrogen (secondary N) is 2. The van der Waals surface area contributed by atoms with Crippen LogP contribution in [0.2, 0.25) is 0 Å². The SMILES string of the molecule is CCNC(=NCCNC(=O)CC1CCCC1)N(C)Cc1cccc(F)c1.I. The molecule has 0 atom stereocenters. The number of nitrogens with zero attached hydrogens (tertiary/aromatic N) is 2. The summed E-state index contributed by atoms with van der Waals surface area (Å²) in [5.41, 5.74) is 0.892. The van der Waals surface area contributed by atoms with E-state index in [4.69, 9.17) is 0 Å².